The fourth-order valence-electron chi connectivity index (χ4n) is 1.96. The summed E-state index contributed by atoms with van der Waals surface area (Å²) < 4.78 is 42.0. The minimum atomic E-state index is -4.76. The molecule has 0 unspecified atom stereocenters. The molecule has 0 aliphatic heterocycles. The molecule has 21 heavy (non-hydrogen) atoms. The first-order valence-electron chi connectivity index (χ1n) is 5.85. The van der Waals surface area contributed by atoms with Gasteiger partial charge in [-0.3, -0.25) is 9.89 Å². The molecule has 0 spiro atoms. The van der Waals surface area contributed by atoms with Crippen LogP contribution in [0.5, 0.6) is 5.75 Å². The Morgan fingerprint density at radius 2 is 2.00 bits per heavy atom. The van der Waals surface area contributed by atoms with E-state index in [0.717, 1.165) is 0 Å². The first-order valence-corrected chi connectivity index (χ1v) is 5.85. The highest BCUT2D eigenvalue weighted by Gasteiger charge is 2.31. The lowest BCUT2D eigenvalue weighted by atomic mass is 10.1. The van der Waals surface area contributed by atoms with Crippen LogP contribution in [0.2, 0.25) is 0 Å². The molecule has 2 aromatic heterocycles. The molecule has 2 heterocycles. The maximum Gasteiger partial charge on any atom is 0.573 e. The van der Waals surface area contributed by atoms with Crippen LogP contribution in [0.1, 0.15) is 0 Å². The highest BCUT2D eigenvalue weighted by atomic mass is 19.4. The Bertz CT molecular complexity index is 851. The third-order valence-electron chi connectivity index (χ3n) is 2.76. The summed E-state index contributed by atoms with van der Waals surface area (Å²) in [5, 5.41) is 2.54. The zero-order chi connectivity index (χ0) is 15.0. The average Bonchev–Trinajstić information content (AvgIpc) is 2.80. The average molecular weight is 295 g/mol. The molecular weight excluding hydrogens is 287 g/mol. The highest BCUT2D eigenvalue weighted by Crippen LogP contribution is 2.27. The molecule has 8 heteroatoms. The Balaban J connectivity index is 2.08. The van der Waals surface area contributed by atoms with Crippen molar-refractivity contribution in [3.8, 4) is 17.0 Å². The van der Waals surface area contributed by atoms with E-state index in [1.165, 1.54) is 41.0 Å². The number of aromatic amines is 1. The quantitative estimate of drug-likeness (QED) is 0.790. The van der Waals surface area contributed by atoms with E-state index in [0.29, 0.717) is 16.9 Å². The number of hydrogen-bond donors (Lipinski definition) is 1. The standard InChI is InChI=1S/C13H8F3N3O2/c14-13(15,16)21-9-3-1-2-8(6-9)10-7-17-11-4-5-12(20)18-19(10)11/h1-7H,(H,18,20). The van der Waals surface area contributed by atoms with Gasteiger partial charge in [-0.1, -0.05) is 12.1 Å². The number of nitrogens with zero attached hydrogens (tertiary/aromatic N) is 2. The van der Waals surface area contributed by atoms with Crippen molar-refractivity contribution < 1.29 is 17.9 Å². The smallest absolute Gasteiger partial charge is 0.406 e. The van der Waals surface area contributed by atoms with Crippen LogP contribution in [0.25, 0.3) is 16.9 Å². The van der Waals surface area contributed by atoms with E-state index in [2.05, 4.69) is 14.8 Å². The summed E-state index contributed by atoms with van der Waals surface area (Å²) in [6, 6.07) is 8.27. The van der Waals surface area contributed by atoms with Crippen LogP contribution in [-0.2, 0) is 0 Å². The van der Waals surface area contributed by atoms with Crippen molar-refractivity contribution in [2.24, 2.45) is 0 Å². The second kappa shape index (κ2) is 4.65. The molecular formula is C13H8F3N3O2. The predicted octanol–water partition coefficient (Wildman–Crippen LogP) is 2.59. The van der Waals surface area contributed by atoms with E-state index >= 15 is 0 Å². The van der Waals surface area contributed by atoms with Gasteiger partial charge in [-0.2, -0.15) is 0 Å². The Morgan fingerprint density at radius 1 is 1.19 bits per heavy atom. The van der Waals surface area contributed by atoms with Crippen LogP contribution < -0.4 is 10.3 Å². The number of hydrogen-bond acceptors (Lipinski definition) is 3. The SMILES string of the molecule is O=c1ccc2ncc(-c3cccc(OC(F)(F)F)c3)n2[nH]1. The number of halogens is 3. The van der Waals surface area contributed by atoms with Gasteiger partial charge in [0.05, 0.1) is 11.9 Å². The molecule has 0 radical (unpaired) electrons. The lowest BCUT2D eigenvalue weighted by molar-refractivity contribution is -0.274. The first-order chi connectivity index (χ1) is 9.92. The van der Waals surface area contributed by atoms with Crippen molar-refractivity contribution in [3.05, 3.63) is 52.9 Å². The molecule has 0 amide bonds. The Labute approximate surface area is 115 Å². The van der Waals surface area contributed by atoms with Gasteiger partial charge in [0, 0.05) is 11.6 Å². The molecule has 3 rings (SSSR count). The van der Waals surface area contributed by atoms with Crippen molar-refractivity contribution in [2.75, 3.05) is 0 Å². The van der Waals surface area contributed by atoms with Crippen molar-refractivity contribution >= 4 is 5.65 Å². The topological polar surface area (TPSA) is 59.4 Å². The van der Waals surface area contributed by atoms with Gasteiger partial charge in [-0.15, -0.1) is 13.2 Å². The lowest BCUT2D eigenvalue weighted by Crippen LogP contribution is -2.17. The fraction of sp³-hybridized carbons (Fsp3) is 0.0769. The molecule has 1 N–H and O–H groups in total. The maximum atomic E-state index is 12.2. The van der Waals surface area contributed by atoms with Crippen LogP contribution in [-0.4, -0.2) is 21.0 Å². The maximum absolute atomic E-state index is 12.2. The molecule has 0 atom stereocenters. The monoisotopic (exact) mass is 295 g/mol. The zero-order valence-electron chi connectivity index (χ0n) is 10.4. The van der Waals surface area contributed by atoms with Gasteiger partial charge >= 0.3 is 6.36 Å². The van der Waals surface area contributed by atoms with Crippen LogP contribution in [0.3, 0.4) is 0 Å². The van der Waals surface area contributed by atoms with Gasteiger partial charge in [0.1, 0.15) is 5.75 Å². The van der Waals surface area contributed by atoms with Crippen molar-refractivity contribution in [1.82, 2.24) is 14.6 Å². The molecule has 0 saturated heterocycles. The summed E-state index contributed by atoms with van der Waals surface area (Å²) in [5.74, 6) is -0.340. The van der Waals surface area contributed by atoms with Gasteiger partial charge in [0.2, 0.25) is 0 Å². The summed E-state index contributed by atoms with van der Waals surface area (Å²) in [4.78, 5) is 15.4. The van der Waals surface area contributed by atoms with E-state index in [9.17, 15) is 18.0 Å². The third-order valence-corrected chi connectivity index (χ3v) is 2.76. The van der Waals surface area contributed by atoms with Gasteiger partial charge in [0.25, 0.3) is 5.56 Å². The third kappa shape index (κ3) is 2.73. The molecule has 0 aliphatic carbocycles. The summed E-state index contributed by atoms with van der Waals surface area (Å²) >= 11 is 0. The van der Waals surface area contributed by atoms with Crippen LogP contribution in [0.15, 0.2) is 47.4 Å². The number of fused-ring (bicyclic) bond motifs is 1. The number of benzene rings is 1. The van der Waals surface area contributed by atoms with Gasteiger partial charge < -0.3 is 4.74 Å². The molecule has 3 aromatic rings. The van der Waals surface area contributed by atoms with E-state index in [1.54, 1.807) is 6.07 Å². The highest BCUT2D eigenvalue weighted by molar-refractivity contribution is 5.64. The number of aromatic nitrogens is 3. The molecule has 0 bridgehead atoms. The summed E-state index contributed by atoms with van der Waals surface area (Å²) in [6.07, 6.45) is -3.30. The molecule has 1 aromatic carbocycles. The molecule has 5 nitrogen and oxygen atoms in total. The number of H-pyrrole nitrogens is 1. The Hall–Kier alpha value is -2.77. The first kappa shape index (κ1) is 13.2. The second-order valence-corrected chi connectivity index (χ2v) is 4.22. The number of ether oxygens (including phenoxy) is 1. The molecule has 0 saturated carbocycles. The molecule has 108 valence electrons. The zero-order valence-corrected chi connectivity index (χ0v) is 10.4. The van der Waals surface area contributed by atoms with E-state index < -0.39 is 6.36 Å². The minimum absolute atomic E-state index is 0.340. The number of imidazole rings is 1. The van der Waals surface area contributed by atoms with Crippen LogP contribution >= 0.6 is 0 Å². The lowest BCUT2D eigenvalue weighted by Gasteiger charge is -2.09. The van der Waals surface area contributed by atoms with Crippen LogP contribution in [0.4, 0.5) is 13.2 Å². The predicted molar refractivity (Wildman–Crippen MR) is 67.9 cm³/mol. The van der Waals surface area contributed by atoms with Gasteiger partial charge in [-0.25, -0.2) is 9.50 Å². The van der Waals surface area contributed by atoms with Crippen molar-refractivity contribution in [1.29, 1.82) is 0 Å². The number of rotatable bonds is 2. The van der Waals surface area contributed by atoms with E-state index in [1.807, 2.05) is 0 Å². The second-order valence-electron chi connectivity index (χ2n) is 4.22. The van der Waals surface area contributed by atoms with Gasteiger partial charge in [-0.05, 0) is 18.2 Å². The largest absolute Gasteiger partial charge is 0.573 e. The van der Waals surface area contributed by atoms with Gasteiger partial charge in [0.15, 0.2) is 5.65 Å². The summed E-state index contributed by atoms with van der Waals surface area (Å²) in [7, 11) is 0. The minimum Gasteiger partial charge on any atom is -0.406 e. The normalized spacial score (nSPS) is 11.8. The fourth-order valence-corrected chi connectivity index (χ4v) is 1.96. The van der Waals surface area contributed by atoms with E-state index in [4.69, 9.17) is 0 Å². The Morgan fingerprint density at radius 3 is 2.76 bits per heavy atom. The van der Waals surface area contributed by atoms with Crippen molar-refractivity contribution in [3.63, 3.8) is 0 Å². The molecule has 0 fully saturated rings. The van der Waals surface area contributed by atoms with Crippen LogP contribution in [0, 0.1) is 0 Å². The summed E-state index contributed by atoms with van der Waals surface area (Å²) in [5.41, 5.74) is 1.03. The molecule has 0 aliphatic rings. The Kier molecular flexibility index (Phi) is 2.93. The summed E-state index contributed by atoms with van der Waals surface area (Å²) in [6.45, 7) is 0. The van der Waals surface area contributed by atoms with E-state index in [-0.39, 0.29) is 11.3 Å². The number of nitrogens with one attached hydrogen (secondary N) is 1. The van der Waals surface area contributed by atoms with Crippen molar-refractivity contribution in [2.45, 2.75) is 6.36 Å². The number of alkyl halides is 3.